The van der Waals surface area contributed by atoms with Gasteiger partial charge in [0, 0.05) is 22.1 Å². The maximum absolute atomic E-state index is 5.26. The van der Waals surface area contributed by atoms with E-state index in [1.54, 1.807) is 0 Å². The van der Waals surface area contributed by atoms with Gasteiger partial charge in [-0.1, -0.05) is 166 Å². The highest BCUT2D eigenvalue weighted by Crippen LogP contribution is 2.49. The van der Waals surface area contributed by atoms with Gasteiger partial charge in [0.15, 0.2) is 17.5 Å². The molecule has 52 heavy (non-hydrogen) atoms. The summed E-state index contributed by atoms with van der Waals surface area (Å²) in [6.45, 7) is 4.63. The average molecular weight is 666 g/mol. The Hall–Kier alpha value is -6.45. The summed E-state index contributed by atoms with van der Waals surface area (Å²) in [7, 11) is 0. The second-order valence-electron chi connectivity index (χ2n) is 14.4. The predicted octanol–water partition coefficient (Wildman–Crippen LogP) is 12.1. The van der Waals surface area contributed by atoms with Crippen LogP contribution in [0.3, 0.4) is 0 Å². The van der Waals surface area contributed by atoms with E-state index in [-0.39, 0.29) is 5.41 Å². The Balaban J connectivity index is 1.11. The Morgan fingerprint density at radius 2 is 0.885 bits per heavy atom. The van der Waals surface area contributed by atoms with Crippen molar-refractivity contribution in [2.45, 2.75) is 25.7 Å². The molecule has 0 radical (unpaired) electrons. The first-order chi connectivity index (χ1) is 25.5. The van der Waals surface area contributed by atoms with Gasteiger partial charge in [-0.3, -0.25) is 0 Å². The fraction of sp³-hybridized carbons (Fsp3) is 0.0816. The Labute approximate surface area is 304 Å². The van der Waals surface area contributed by atoms with E-state index in [0.717, 1.165) is 34.2 Å². The van der Waals surface area contributed by atoms with Gasteiger partial charge in [0.2, 0.25) is 0 Å². The Kier molecular flexibility index (Phi) is 6.91. The third kappa shape index (κ3) is 4.92. The highest BCUT2D eigenvalue weighted by atomic mass is 15.0. The van der Waals surface area contributed by atoms with Crippen molar-refractivity contribution in [2.75, 3.05) is 0 Å². The summed E-state index contributed by atoms with van der Waals surface area (Å²) >= 11 is 0. The second kappa shape index (κ2) is 11.8. The Morgan fingerprint density at radius 1 is 0.365 bits per heavy atom. The molecule has 7 aromatic carbocycles. The van der Waals surface area contributed by atoms with Crippen molar-refractivity contribution >= 4 is 0 Å². The first-order valence-corrected chi connectivity index (χ1v) is 18.0. The standard InChI is InChI=1S/C49H35N3/c1-49(2)44-21-9-8-18-40(44)41-27-26-37(30-45(41)49)47-50-46(51-48(52-47)42-20-11-19-39-38-17-7-6-14-35(38)29-43(39)42)36-16-10-15-34(28-36)33-24-22-32(23-25-33)31-12-4-3-5-13-31/h3-28,30H,29H2,1-2H3. The van der Waals surface area contributed by atoms with Crippen molar-refractivity contribution in [1.29, 1.82) is 0 Å². The third-order valence-electron chi connectivity index (χ3n) is 11.0. The average Bonchev–Trinajstić information content (AvgIpc) is 3.70. The lowest BCUT2D eigenvalue weighted by atomic mass is 9.82. The SMILES string of the molecule is CC1(C)c2ccccc2-c2ccc(-c3nc(-c4cccc(-c5ccc(-c6ccccc6)cc5)c4)nc(-c4cccc5c4Cc4ccccc4-5)n3)cc21. The molecule has 3 heteroatoms. The van der Waals surface area contributed by atoms with E-state index in [1.807, 2.05) is 0 Å². The fourth-order valence-electron chi connectivity index (χ4n) is 8.29. The summed E-state index contributed by atoms with van der Waals surface area (Å²) in [4.78, 5) is 15.7. The lowest BCUT2D eigenvalue weighted by molar-refractivity contribution is 0.660. The summed E-state index contributed by atoms with van der Waals surface area (Å²) in [5, 5.41) is 0. The van der Waals surface area contributed by atoms with Gasteiger partial charge in [-0.2, -0.15) is 0 Å². The number of aromatic nitrogens is 3. The van der Waals surface area contributed by atoms with Crippen LogP contribution >= 0.6 is 0 Å². The number of rotatable bonds is 5. The van der Waals surface area contributed by atoms with E-state index in [1.165, 1.54) is 55.6 Å². The fourth-order valence-corrected chi connectivity index (χ4v) is 8.29. The quantitative estimate of drug-likeness (QED) is 0.184. The van der Waals surface area contributed by atoms with Gasteiger partial charge in [-0.25, -0.2) is 15.0 Å². The van der Waals surface area contributed by atoms with Crippen LogP contribution in [0.4, 0.5) is 0 Å². The molecule has 0 bridgehead atoms. The van der Waals surface area contributed by atoms with Crippen molar-refractivity contribution < 1.29 is 0 Å². The predicted molar refractivity (Wildman–Crippen MR) is 213 cm³/mol. The van der Waals surface area contributed by atoms with Gasteiger partial charge in [0.1, 0.15) is 0 Å². The molecule has 3 nitrogen and oxygen atoms in total. The first-order valence-electron chi connectivity index (χ1n) is 18.0. The highest BCUT2D eigenvalue weighted by molar-refractivity contribution is 5.85. The van der Waals surface area contributed by atoms with Crippen molar-refractivity contribution in [2.24, 2.45) is 0 Å². The molecule has 0 aliphatic heterocycles. The van der Waals surface area contributed by atoms with E-state index >= 15 is 0 Å². The van der Waals surface area contributed by atoms with Crippen LogP contribution in [-0.2, 0) is 11.8 Å². The van der Waals surface area contributed by atoms with Crippen LogP contribution in [0, 0.1) is 0 Å². The van der Waals surface area contributed by atoms with Crippen LogP contribution in [0.15, 0.2) is 164 Å². The number of benzene rings is 7. The number of hydrogen-bond donors (Lipinski definition) is 0. The summed E-state index contributed by atoms with van der Waals surface area (Å²) in [5.41, 5.74) is 18.0. The molecule has 1 aromatic heterocycles. The minimum Gasteiger partial charge on any atom is -0.208 e. The lowest BCUT2D eigenvalue weighted by Gasteiger charge is -2.21. The highest BCUT2D eigenvalue weighted by Gasteiger charge is 2.35. The van der Waals surface area contributed by atoms with Crippen molar-refractivity contribution in [3.8, 4) is 78.7 Å². The molecule has 8 aromatic rings. The summed E-state index contributed by atoms with van der Waals surface area (Å²) < 4.78 is 0. The van der Waals surface area contributed by atoms with Crippen LogP contribution in [0.2, 0.25) is 0 Å². The molecule has 2 aliphatic carbocycles. The van der Waals surface area contributed by atoms with E-state index < -0.39 is 0 Å². The van der Waals surface area contributed by atoms with Gasteiger partial charge in [-0.05, 0) is 85.3 Å². The number of fused-ring (bicyclic) bond motifs is 6. The van der Waals surface area contributed by atoms with Gasteiger partial charge >= 0.3 is 0 Å². The smallest absolute Gasteiger partial charge is 0.164 e. The van der Waals surface area contributed by atoms with Crippen molar-refractivity contribution in [1.82, 2.24) is 15.0 Å². The normalized spacial score (nSPS) is 13.3. The van der Waals surface area contributed by atoms with Gasteiger partial charge in [0.25, 0.3) is 0 Å². The molecule has 0 saturated carbocycles. The van der Waals surface area contributed by atoms with Gasteiger partial charge < -0.3 is 0 Å². The van der Waals surface area contributed by atoms with Crippen LogP contribution in [0.5, 0.6) is 0 Å². The Morgan fingerprint density at radius 3 is 1.69 bits per heavy atom. The van der Waals surface area contributed by atoms with Gasteiger partial charge in [0.05, 0.1) is 0 Å². The van der Waals surface area contributed by atoms with Crippen molar-refractivity contribution in [3.05, 3.63) is 186 Å². The monoisotopic (exact) mass is 665 g/mol. The molecule has 0 saturated heterocycles. The first kappa shape index (κ1) is 30.4. The van der Waals surface area contributed by atoms with Crippen LogP contribution in [0.1, 0.15) is 36.1 Å². The Bertz CT molecular complexity index is 2670. The van der Waals surface area contributed by atoms with E-state index in [0.29, 0.717) is 17.5 Å². The molecule has 0 unspecified atom stereocenters. The molecule has 10 rings (SSSR count). The van der Waals surface area contributed by atoms with Crippen LogP contribution < -0.4 is 0 Å². The van der Waals surface area contributed by atoms with E-state index in [9.17, 15) is 0 Å². The van der Waals surface area contributed by atoms with E-state index in [2.05, 4.69) is 178 Å². The molecule has 2 aliphatic rings. The van der Waals surface area contributed by atoms with Crippen LogP contribution in [-0.4, -0.2) is 15.0 Å². The van der Waals surface area contributed by atoms with Gasteiger partial charge in [-0.15, -0.1) is 0 Å². The molecular formula is C49H35N3. The second-order valence-corrected chi connectivity index (χ2v) is 14.4. The zero-order valence-corrected chi connectivity index (χ0v) is 29.1. The maximum Gasteiger partial charge on any atom is 0.164 e. The molecule has 0 spiro atoms. The summed E-state index contributed by atoms with van der Waals surface area (Å²) in [6, 6.07) is 58.5. The van der Waals surface area contributed by atoms with Crippen LogP contribution in [0.25, 0.3) is 78.7 Å². The lowest BCUT2D eigenvalue weighted by Crippen LogP contribution is -2.15. The summed E-state index contributed by atoms with van der Waals surface area (Å²) in [6.07, 6.45) is 0.859. The zero-order valence-electron chi connectivity index (χ0n) is 29.1. The minimum absolute atomic E-state index is 0.128. The maximum atomic E-state index is 5.26. The number of nitrogens with zero attached hydrogens (tertiary/aromatic N) is 3. The van der Waals surface area contributed by atoms with Crippen molar-refractivity contribution in [3.63, 3.8) is 0 Å². The minimum atomic E-state index is -0.128. The zero-order chi connectivity index (χ0) is 34.8. The molecule has 1 heterocycles. The molecule has 0 fully saturated rings. The molecule has 246 valence electrons. The molecule has 0 amide bonds. The van der Waals surface area contributed by atoms with E-state index in [4.69, 9.17) is 15.0 Å². The third-order valence-corrected chi connectivity index (χ3v) is 11.0. The number of hydrogen-bond acceptors (Lipinski definition) is 3. The molecular weight excluding hydrogens is 631 g/mol. The molecule has 0 atom stereocenters. The molecule has 0 N–H and O–H groups in total. The summed E-state index contributed by atoms with van der Waals surface area (Å²) in [5.74, 6) is 2.05. The largest absolute Gasteiger partial charge is 0.208 e. The topological polar surface area (TPSA) is 38.7 Å².